The molecule has 2 fully saturated rings. The van der Waals surface area contributed by atoms with Crippen LogP contribution in [-0.2, 0) is 63.1 Å². The van der Waals surface area contributed by atoms with Crippen molar-refractivity contribution in [2.24, 2.45) is 0 Å². The van der Waals surface area contributed by atoms with Crippen LogP contribution >= 0.6 is 0 Å². The van der Waals surface area contributed by atoms with Crippen LogP contribution in [0.2, 0.25) is 0 Å². The van der Waals surface area contributed by atoms with Crippen molar-refractivity contribution in [3.63, 3.8) is 0 Å². The summed E-state index contributed by atoms with van der Waals surface area (Å²) >= 11 is 0. The number of nitrogens with zero attached hydrogens (tertiary/aromatic N) is 2. The molecule has 0 saturated carbocycles. The molecule has 16 heteroatoms. The van der Waals surface area contributed by atoms with E-state index in [1.165, 1.54) is 9.80 Å². The molecule has 4 aliphatic rings. The van der Waals surface area contributed by atoms with E-state index in [0.717, 1.165) is 17.4 Å². The number of benzene rings is 2. The quantitative estimate of drug-likeness (QED) is 0.294. The van der Waals surface area contributed by atoms with Crippen molar-refractivity contribution in [3.8, 4) is 0 Å². The lowest BCUT2D eigenvalue weighted by Crippen LogP contribution is -2.52. The van der Waals surface area contributed by atoms with Crippen molar-refractivity contribution in [1.29, 1.82) is 0 Å². The van der Waals surface area contributed by atoms with Crippen molar-refractivity contribution >= 4 is 60.7 Å². The Kier molecular flexibility index (Phi) is 10.1. The highest BCUT2D eigenvalue weighted by Gasteiger charge is 2.40. The van der Waals surface area contributed by atoms with E-state index in [9.17, 15) is 41.4 Å². The van der Waals surface area contributed by atoms with E-state index in [1.54, 1.807) is 36.6 Å². The maximum Gasteiger partial charge on any atom is 0.255 e. The summed E-state index contributed by atoms with van der Waals surface area (Å²) in [4.78, 5) is 74.3. The highest BCUT2D eigenvalue weighted by atomic mass is 32.2. The van der Waals surface area contributed by atoms with E-state index in [-0.39, 0.29) is 54.2 Å². The van der Waals surface area contributed by atoms with Gasteiger partial charge in [-0.25, -0.2) is 8.42 Å². The first kappa shape index (κ1) is 35.4. The van der Waals surface area contributed by atoms with Crippen molar-refractivity contribution in [1.82, 2.24) is 20.4 Å². The van der Waals surface area contributed by atoms with Gasteiger partial charge in [-0.1, -0.05) is 24.3 Å². The minimum Gasteiger partial charge on any atom is -0.412 e. The summed E-state index contributed by atoms with van der Waals surface area (Å²) in [5.74, 6) is 1.94. The molecule has 2 saturated heterocycles. The zero-order valence-electron chi connectivity index (χ0n) is 25.9. The van der Waals surface area contributed by atoms with Crippen molar-refractivity contribution in [3.05, 3.63) is 69.8 Å². The van der Waals surface area contributed by atoms with Crippen LogP contribution in [0.1, 0.15) is 68.7 Å². The molecule has 2 aromatic rings. The van der Waals surface area contributed by atoms with Gasteiger partial charge in [0.15, 0.2) is 9.84 Å². The van der Waals surface area contributed by atoms with Gasteiger partial charge >= 0.3 is 0 Å². The molecule has 4 N–H and O–H groups in total. The molecule has 0 aromatic heterocycles. The molecule has 3 atom stereocenters. The second-order valence-corrected chi connectivity index (χ2v) is 17.0. The van der Waals surface area contributed by atoms with E-state index in [1.807, 2.05) is 6.07 Å². The number of imide groups is 2. The van der Waals surface area contributed by atoms with Crippen molar-refractivity contribution < 1.29 is 46.9 Å². The normalized spacial score (nSPS) is 21.9. The molecule has 252 valence electrons. The summed E-state index contributed by atoms with van der Waals surface area (Å²) in [6.07, 6.45) is 3.85. The van der Waals surface area contributed by atoms with Gasteiger partial charge in [0, 0.05) is 55.3 Å². The Hall–Kier alpha value is -4.41. The largest absolute Gasteiger partial charge is 0.412 e. The van der Waals surface area contributed by atoms with Crippen LogP contribution < -0.4 is 10.6 Å². The molecule has 3 unspecified atom stereocenters. The van der Waals surface area contributed by atoms with Gasteiger partial charge in [0.05, 0.1) is 5.75 Å². The SMILES string of the molecule is C=S(C)(=O)Cc1ccc2c(c1)CN(C1CCC(=O)NC1=O)C2=O.CS(=O)(=O)Cc1ccc2c(c1)CN(C1CCC(=O)NC1=O)C2=O.O. The average molecular weight is 689 g/mol. The Morgan fingerprint density at radius 1 is 0.702 bits per heavy atom. The molecule has 4 heterocycles. The fourth-order valence-corrected chi connectivity index (χ4v) is 7.76. The van der Waals surface area contributed by atoms with Gasteiger partial charge in [-0.15, -0.1) is 0 Å². The third kappa shape index (κ3) is 8.12. The van der Waals surface area contributed by atoms with Gasteiger partial charge in [0.1, 0.15) is 12.1 Å². The van der Waals surface area contributed by atoms with Gasteiger partial charge < -0.3 is 15.3 Å². The fourth-order valence-electron chi connectivity index (χ4n) is 6.09. The van der Waals surface area contributed by atoms with E-state index >= 15 is 0 Å². The predicted molar refractivity (Wildman–Crippen MR) is 172 cm³/mol. The Bertz CT molecular complexity index is 1770. The van der Waals surface area contributed by atoms with Crippen LogP contribution in [-0.4, -0.2) is 93.8 Å². The van der Waals surface area contributed by atoms with Gasteiger partial charge in [-0.2, -0.15) is 0 Å². The molecule has 4 aliphatic heterocycles. The van der Waals surface area contributed by atoms with Crippen LogP contribution in [0.3, 0.4) is 0 Å². The smallest absolute Gasteiger partial charge is 0.255 e. The van der Waals surface area contributed by atoms with E-state index < -0.39 is 43.3 Å². The topological polar surface area (TPSA) is 216 Å². The second kappa shape index (κ2) is 13.4. The minimum atomic E-state index is -3.16. The number of hydrogen-bond acceptors (Lipinski definition) is 9. The summed E-state index contributed by atoms with van der Waals surface area (Å²) in [7, 11) is -5.31. The number of carbonyl (C=O) groups excluding carboxylic acids is 6. The number of hydrogen-bond donors (Lipinski definition) is 2. The summed E-state index contributed by atoms with van der Waals surface area (Å²) in [5, 5.41) is 4.52. The van der Waals surface area contributed by atoms with E-state index in [4.69, 9.17) is 0 Å². The number of carbonyl (C=O) groups is 6. The maximum atomic E-state index is 12.5. The first-order valence-electron chi connectivity index (χ1n) is 14.5. The first-order chi connectivity index (χ1) is 21.5. The predicted octanol–water partition coefficient (Wildman–Crippen LogP) is -0.539. The van der Waals surface area contributed by atoms with Gasteiger partial charge in [0.2, 0.25) is 23.6 Å². The highest BCUT2D eigenvalue weighted by molar-refractivity contribution is 7.98. The second-order valence-electron chi connectivity index (χ2n) is 12.2. The molecule has 0 spiro atoms. The number of nitrogens with one attached hydrogen (secondary N) is 2. The lowest BCUT2D eigenvalue weighted by molar-refractivity contribution is -0.138. The Labute approximate surface area is 272 Å². The molecule has 6 amide bonds. The molecule has 0 radical (unpaired) electrons. The van der Waals surface area contributed by atoms with Crippen LogP contribution in [0, 0.1) is 0 Å². The van der Waals surface area contributed by atoms with Crippen molar-refractivity contribution in [2.45, 2.75) is 62.4 Å². The van der Waals surface area contributed by atoms with E-state index in [0.29, 0.717) is 47.4 Å². The molecule has 6 rings (SSSR count). The van der Waals surface area contributed by atoms with Crippen LogP contribution in [0.15, 0.2) is 36.4 Å². The van der Waals surface area contributed by atoms with Gasteiger partial charge in [-0.05, 0) is 62.6 Å². The molecule has 0 aliphatic carbocycles. The van der Waals surface area contributed by atoms with Crippen molar-refractivity contribution in [2.75, 3.05) is 12.5 Å². The summed E-state index contributed by atoms with van der Waals surface area (Å²) < 4.78 is 34.6. The lowest BCUT2D eigenvalue weighted by Gasteiger charge is -2.29. The molecular weight excluding hydrogens is 652 g/mol. The number of rotatable bonds is 6. The standard InChI is InChI=1S/C16H18N2O4S.C15H16N2O5S.H2O/c1-23(2,22)9-10-3-4-12-11(7-10)8-18(16(12)21)13-5-6-14(19)17-15(13)20;1-23(21,22)8-9-2-3-11-10(6-9)7-17(15(11)20)12-4-5-13(18)16-14(12)19;/h3-4,7,13H,1,5-6,8-9H2,2H3,(H,17,19,20);2-3,6,12H,4-5,7-8H2,1H3,(H,16,18,19);1H2. The number of sulfone groups is 1. The zero-order valence-corrected chi connectivity index (χ0v) is 27.5. The Morgan fingerprint density at radius 3 is 1.47 bits per heavy atom. The number of amides is 6. The summed E-state index contributed by atoms with van der Waals surface area (Å²) in [5.41, 5.74) is 4.05. The molecule has 0 bridgehead atoms. The third-order valence-electron chi connectivity index (χ3n) is 8.08. The number of fused-ring (bicyclic) bond motifs is 2. The molecule has 2 aromatic carbocycles. The Balaban J connectivity index is 0.000000208. The monoisotopic (exact) mass is 688 g/mol. The lowest BCUT2D eigenvalue weighted by atomic mass is 10.0. The highest BCUT2D eigenvalue weighted by Crippen LogP contribution is 2.30. The van der Waals surface area contributed by atoms with E-state index in [2.05, 4.69) is 16.5 Å². The van der Waals surface area contributed by atoms with Crippen LogP contribution in [0.25, 0.3) is 0 Å². The Morgan fingerprint density at radius 2 is 1.11 bits per heavy atom. The molecular formula is C31H36N4O10S2. The molecule has 14 nitrogen and oxygen atoms in total. The van der Waals surface area contributed by atoms with Crippen LogP contribution in [0.4, 0.5) is 0 Å². The van der Waals surface area contributed by atoms with Crippen LogP contribution in [0.5, 0.6) is 0 Å². The summed E-state index contributed by atoms with van der Waals surface area (Å²) in [6, 6.07) is 8.98. The molecule has 47 heavy (non-hydrogen) atoms. The fraction of sp³-hybridized carbons (Fsp3) is 0.387. The zero-order chi connectivity index (χ0) is 33.6. The third-order valence-corrected chi connectivity index (χ3v) is 9.88. The van der Waals surface area contributed by atoms with Gasteiger partial charge in [0.25, 0.3) is 11.8 Å². The summed E-state index contributed by atoms with van der Waals surface area (Å²) in [6.45, 7) is 0.578. The first-order valence-corrected chi connectivity index (χ1v) is 18.9. The maximum absolute atomic E-state index is 12.5. The number of piperidine rings is 2. The average Bonchev–Trinajstić information content (AvgIpc) is 3.43. The van der Waals surface area contributed by atoms with Gasteiger partial charge in [-0.3, -0.25) is 43.6 Å². The minimum absolute atomic E-state index is 0.